The predicted octanol–water partition coefficient (Wildman–Crippen LogP) is 4.43. The van der Waals surface area contributed by atoms with Crippen molar-refractivity contribution in [1.29, 1.82) is 0 Å². The molecule has 7 nitrogen and oxygen atoms in total. The highest BCUT2D eigenvalue weighted by Gasteiger charge is 2.16. The number of amides is 1. The summed E-state index contributed by atoms with van der Waals surface area (Å²) >= 11 is 0. The summed E-state index contributed by atoms with van der Waals surface area (Å²) in [5.41, 5.74) is 2.42. The van der Waals surface area contributed by atoms with Crippen LogP contribution in [-0.2, 0) is 0 Å². The number of nitrogens with zero attached hydrogens (tertiary/aromatic N) is 1. The fourth-order valence-electron chi connectivity index (χ4n) is 2.71. The Bertz CT molecular complexity index is 1020. The van der Waals surface area contributed by atoms with Gasteiger partial charge >= 0.3 is 0 Å². The number of aryl methyl sites for hydroxylation is 1. The standard InChI is InChI=1S/C22H22N2O5/c1-14-21(23-22(25)16-8-12-19(27-3)20(13-16)28-4)18(24-29-14)11-7-15-5-9-17(26-2)10-6-15/h5-13H,1-4H3,(H,23,25). The van der Waals surface area contributed by atoms with Gasteiger partial charge in [0.05, 0.1) is 21.3 Å². The van der Waals surface area contributed by atoms with E-state index in [2.05, 4.69) is 10.5 Å². The number of ether oxygens (including phenoxy) is 3. The topological polar surface area (TPSA) is 82.8 Å². The Morgan fingerprint density at radius 2 is 1.69 bits per heavy atom. The van der Waals surface area contributed by atoms with Crippen LogP contribution < -0.4 is 19.5 Å². The van der Waals surface area contributed by atoms with Crippen molar-refractivity contribution in [2.45, 2.75) is 6.92 Å². The molecular formula is C22H22N2O5. The van der Waals surface area contributed by atoms with Gasteiger partial charge in [0.15, 0.2) is 17.3 Å². The van der Waals surface area contributed by atoms with E-state index in [1.807, 2.05) is 30.3 Å². The zero-order chi connectivity index (χ0) is 20.8. The van der Waals surface area contributed by atoms with Gasteiger partial charge in [0, 0.05) is 5.56 Å². The maximum absolute atomic E-state index is 12.7. The number of benzene rings is 2. The minimum atomic E-state index is -0.309. The number of nitrogens with one attached hydrogen (secondary N) is 1. The van der Waals surface area contributed by atoms with Crippen molar-refractivity contribution < 1.29 is 23.5 Å². The summed E-state index contributed by atoms with van der Waals surface area (Å²) in [5.74, 6) is 2.00. The second-order valence-corrected chi connectivity index (χ2v) is 6.13. The molecule has 1 amide bonds. The number of hydrogen-bond donors (Lipinski definition) is 1. The number of hydrogen-bond acceptors (Lipinski definition) is 6. The SMILES string of the molecule is COc1ccc(C=Cc2noc(C)c2NC(=O)c2ccc(OC)c(OC)c2)cc1. The van der Waals surface area contributed by atoms with Gasteiger partial charge in [0.2, 0.25) is 0 Å². The van der Waals surface area contributed by atoms with Gasteiger partial charge in [-0.25, -0.2) is 0 Å². The summed E-state index contributed by atoms with van der Waals surface area (Å²) in [4.78, 5) is 12.7. The first-order chi connectivity index (χ1) is 14.0. The van der Waals surface area contributed by atoms with E-state index >= 15 is 0 Å². The highest BCUT2D eigenvalue weighted by atomic mass is 16.5. The van der Waals surface area contributed by atoms with Crippen molar-refractivity contribution in [2.24, 2.45) is 0 Å². The van der Waals surface area contributed by atoms with E-state index in [9.17, 15) is 4.79 Å². The summed E-state index contributed by atoms with van der Waals surface area (Å²) in [6, 6.07) is 12.5. The molecule has 0 aliphatic heterocycles. The summed E-state index contributed by atoms with van der Waals surface area (Å²) in [7, 11) is 4.68. The molecule has 150 valence electrons. The Balaban J connectivity index is 1.80. The second-order valence-electron chi connectivity index (χ2n) is 6.13. The third-order valence-electron chi connectivity index (χ3n) is 4.32. The average Bonchev–Trinajstić information content (AvgIpc) is 3.11. The quantitative estimate of drug-likeness (QED) is 0.638. The zero-order valence-corrected chi connectivity index (χ0v) is 16.7. The Kier molecular flexibility index (Phi) is 6.19. The van der Waals surface area contributed by atoms with Crippen LogP contribution in [0, 0.1) is 6.92 Å². The van der Waals surface area contributed by atoms with Crippen LogP contribution in [0.5, 0.6) is 17.2 Å². The third-order valence-corrected chi connectivity index (χ3v) is 4.32. The molecular weight excluding hydrogens is 372 g/mol. The molecule has 29 heavy (non-hydrogen) atoms. The first-order valence-corrected chi connectivity index (χ1v) is 8.87. The molecule has 0 atom stereocenters. The number of methoxy groups -OCH3 is 3. The van der Waals surface area contributed by atoms with Crippen molar-refractivity contribution in [1.82, 2.24) is 5.16 Å². The second kappa shape index (κ2) is 8.97. The molecule has 3 aromatic rings. The molecule has 0 aliphatic rings. The van der Waals surface area contributed by atoms with Crippen LogP contribution in [0.4, 0.5) is 5.69 Å². The molecule has 0 radical (unpaired) electrons. The van der Waals surface area contributed by atoms with Gasteiger partial charge in [-0.1, -0.05) is 23.4 Å². The van der Waals surface area contributed by atoms with Gasteiger partial charge in [-0.05, 0) is 48.9 Å². The molecule has 0 aliphatic carbocycles. The normalized spacial score (nSPS) is 10.8. The molecule has 0 fully saturated rings. The molecule has 0 bridgehead atoms. The van der Waals surface area contributed by atoms with Gasteiger partial charge in [-0.15, -0.1) is 0 Å². The fraction of sp³-hybridized carbons (Fsp3) is 0.182. The molecule has 1 aromatic heterocycles. The Labute approximate surface area is 168 Å². The zero-order valence-electron chi connectivity index (χ0n) is 16.7. The molecule has 1 heterocycles. The molecule has 0 saturated heterocycles. The first kappa shape index (κ1) is 20.0. The Morgan fingerprint density at radius 1 is 0.966 bits per heavy atom. The van der Waals surface area contributed by atoms with Crippen LogP contribution in [0.25, 0.3) is 12.2 Å². The lowest BCUT2D eigenvalue weighted by Gasteiger charge is -2.10. The highest BCUT2D eigenvalue weighted by Crippen LogP contribution is 2.29. The van der Waals surface area contributed by atoms with E-state index in [-0.39, 0.29) is 5.91 Å². The van der Waals surface area contributed by atoms with Crippen LogP contribution >= 0.6 is 0 Å². The number of rotatable bonds is 7. The van der Waals surface area contributed by atoms with E-state index in [4.69, 9.17) is 18.7 Å². The lowest BCUT2D eigenvalue weighted by molar-refractivity contribution is 0.102. The lowest BCUT2D eigenvalue weighted by Crippen LogP contribution is -2.13. The van der Waals surface area contributed by atoms with Crippen LogP contribution in [0.3, 0.4) is 0 Å². The Hall–Kier alpha value is -3.74. The Morgan fingerprint density at radius 3 is 2.34 bits per heavy atom. The van der Waals surface area contributed by atoms with Gasteiger partial charge in [0.25, 0.3) is 5.91 Å². The van der Waals surface area contributed by atoms with Crippen LogP contribution in [-0.4, -0.2) is 32.4 Å². The molecule has 0 spiro atoms. The number of aromatic nitrogens is 1. The monoisotopic (exact) mass is 394 g/mol. The fourth-order valence-corrected chi connectivity index (χ4v) is 2.71. The maximum atomic E-state index is 12.7. The maximum Gasteiger partial charge on any atom is 0.255 e. The third kappa shape index (κ3) is 4.57. The summed E-state index contributed by atoms with van der Waals surface area (Å²) in [6.07, 6.45) is 3.66. The van der Waals surface area contributed by atoms with Crippen molar-refractivity contribution >= 4 is 23.7 Å². The van der Waals surface area contributed by atoms with Gasteiger partial charge in [-0.3, -0.25) is 4.79 Å². The molecule has 1 N–H and O–H groups in total. The van der Waals surface area contributed by atoms with Gasteiger partial charge in [-0.2, -0.15) is 0 Å². The van der Waals surface area contributed by atoms with Crippen LogP contribution in [0.15, 0.2) is 47.0 Å². The predicted molar refractivity (Wildman–Crippen MR) is 111 cm³/mol. The highest BCUT2D eigenvalue weighted by molar-refractivity contribution is 6.06. The molecule has 3 rings (SSSR count). The smallest absolute Gasteiger partial charge is 0.255 e. The average molecular weight is 394 g/mol. The number of carbonyl (C=O) groups excluding carboxylic acids is 1. The summed E-state index contributed by atoms with van der Waals surface area (Å²) in [6.45, 7) is 1.74. The largest absolute Gasteiger partial charge is 0.497 e. The van der Waals surface area contributed by atoms with E-state index in [0.29, 0.717) is 34.2 Å². The summed E-state index contributed by atoms with van der Waals surface area (Å²) in [5, 5.41) is 6.88. The van der Waals surface area contributed by atoms with E-state index < -0.39 is 0 Å². The minimum absolute atomic E-state index is 0.309. The van der Waals surface area contributed by atoms with Crippen molar-refractivity contribution in [3.8, 4) is 17.2 Å². The van der Waals surface area contributed by atoms with E-state index in [1.165, 1.54) is 7.11 Å². The lowest BCUT2D eigenvalue weighted by atomic mass is 10.1. The molecule has 0 unspecified atom stereocenters. The molecule has 7 heteroatoms. The van der Waals surface area contributed by atoms with Crippen molar-refractivity contribution in [3.05, 3.63) is 65.0 Å². The number of carbonyl (C=O) groups is 1. The summed E-state index contributed by atoms with van der Waals surface area (Å²) < 4.78 is 20.9. The van der Waals surface area contributed by atoms with E-state index in [0.717, 1.165) is 11.3 Å². The number of anilines is 1. The van der Waals surface area contributed by atoms with Crippen LogP contribution in [0.2, 0.25) is 0 Å². The van der Waals surface area contributed by atoms with Crippen LogP contribution in [0.1, 0.15) is 27.4 Å². The van der Waals surface area contributed by atoms with Crippen molar-refractivity contribution in [3.63, 3.8) is 0 Å². The molecule has 0 saturated carbocycles. The first-order valence-electron chi connectivity index (χ1n) is 8.87. The van der Waals surface area contributed by atoms with E-state index in [1.54, 1.807) is 45.4 Å². The molecule has 2 aromatic carbocycles. The van der Waals surface area contributed by atoms with Crippen molar-refractivity contribution in [2.75, 3.05) is 26.6 Å². The van der Waals surface area contributed by atoms with Gasteiger partial charge in [0.1, 0.15) is 17.1 Å². The minimum Gasteiger partial charge on any atom is -0.497 e. The van der Waals surface area contributed by atoms with Gasteiger partial charge < -0.3 is 24.1 Å².